The average molecular weight is 376 g/mol. The highest BCUT2D eigenvalue weighted by Gasteiger charge is 2.15. The lowest BCUT2D eigenvalue weighted by molar-refractivity contribution is 0.0696. The molecule has 3 rings (SSSR count). The van der Waals surface area contributed by atoms with E-state index in [1.54, 1.807) is 24.3 Å². The molecule has 2 aromatic carbocycles. The van der Waals surface area contributed by atoms with Crippen LogP contribution in [0.15, 0.2) is 48.0 Å². The van der Waals surface area contributed by atoms with Gasteiger partial charge in [0.1, 0.15) is 0 Å². The smallest absolute Gasteiger partial charge is 0.335 e. The number of hydrogen-bond donors (Lipinski definition) is 1. The van der Waals surface area contributed by atoms with Crippen LogP contribution in [0.25, 0.3) is 6.08 Å². The summed E-state index contributed by atoms with van der Waals surface area (Å²) in [5.41, 5.74) is 3.70. The van der Waals surface area contributed by atoms with Gasteiger partial charge in [0.25, 0.3) is 0 Å². The summed E-state index contributed by atoms with van der Waals surface area (Å²) in [6, 6.07) is 12.6. The van der Waals surface area contributed by atoms with Gasteiger partial charge in [0, 0.05) is 29.7 Å². The third-order valence-electron chi connectivity index (χ3n) is 4.40. The Morgan fingerprint density at radius 3 is 2.60 bits per heavy atom. The summed E-state index contributed by atoms with van der Waals surface area (Å²) in [7, 11) is 0. The second kappa shape index (κ2) is 8.05. The van der Waals surface area contributed by atoms with Gasteiger partial charge in [-0.15, -0.1) is 0 Å². The summed E-state index contributed by atoms with van der Waals surface area (Å²) < 4.78 is 0. The molecular formula is C20H19Cl2NO2. The zero-order valence-corrected chi connectivity index (χ0v) is 15.2. The van der Waals surface area contributed by atoms with Crippen LogP contribution in [0, 0.1) is 0 Å². The van der Waals surface area contributed by atoms with Gasteiger partial charge in [0.15, 0.2) is 0 Å². The molecule has 0 saturated carbocycles. The molecule has 25 heavy (non-hydrogen) atoms. The van der Waals surface area contributed by atoms with Crippen LogP contribution in [0.3, 0.4) is 0 Å². The molecule has 0 aliphatic carbocycles. The minimum atomic E-state index is -0.885. The topological polar surface area (TPSA) is 40.5 Å². The molecule has 0 amide bonds. The average Bonchev–Trinajstić information content (AvgIpc) is 2.60. The SMILES string of the molecule is O=C(O)c1cccc(CN2CCC(=Cc3cc(Cl)ccc3Cl)CC2)c1. The van der Waals surface area contributed by atoms with E-state index in [0.717, 1.165) is 43.6 Å². The lowest BCUT2D eigenvalue weighted by Gasteiger charge is -2.28. The van der Waals surface area contributed by atoms with Crippen LogP contribution in [-0.4, -0.2) is 29.1 Å². The Bertz CT molecular complexity index is 807. The molecule has 1 aliphatic rings. The standard InChI is InChI=1S/C20H19Cl2NO2/c21-18-4-5-19(22)17(12-18)10-14-6-8-23(9-7-14)13-15-2-1-3-16(11-15)20(24)25/h1-5,10-12H,6-9,13H2,(H,24,25). The van der Waals surface area contributed by atoms with Gasteiger partial charge in [0.2, 0.25) is 0 Å². The fourth-order valence-corrected chi connectivity index (χ4v) is 3.40. The van der Waals surface area contributed by atoms with E-state index >= 15 is 0 Å². The van der Waals surface area contributed by atoms with Crippen molar-refractivity contribution in [1.29, 1.82) is 0 Å². The number of carbonyl (C=O) groups is 1. The first-order chi connectivity index (χ1) is 12.0. The van der Waals surface area contributed by atoms with Crippen molar-refractivity contribution in [2.75, 3.05) is 13.1 Å². The Kier molecular flexibility index (Phi) is 5.79. The fraction of sp³-hybridized carbons (Fsp3) is 0.250. The lowest BCUT2D eigenvalue weighted by Crippen LogP contribution is -2.30. The number of nitrogens with zero attached hydrogens (tertiary/aromatic N) is 1. The van der Waals surface area contributed by atoms with Gasteiger partial charge < -0.3 is 5.11 Å². The second-order valence-electron chi connectivity index (χ2n) is 6.25. The molecular weight excluding hydrogens is 357 g/mol. The molecule has 5 heteroatoms. The maximum absolute atomic E-state index is 11.1. The van der Waals surface area contributed by atoms with E-state index in [1.165, 1.54) is 5.57 Å². The maximum Gasteiger partial charge on any atom is 0.335 e. The predicted molar refractivity (Wildman–Crippen MR) is 102 cm³/mol. The normalized spacial score (nSPS) is 15.2. The molecule has 1 fully saturated rings. The Morgan fingerprint density at radius 1 is 1.12 bits per heavy atom. The number of benzene rings is 2. The molecule has 0 aromatic heterocycles. The van der Waals surface area contributed by atoms with Crippen molar-refractivity contribution in [3.05, 3.63) is 74.8 Å². The molecule has 2 aromatic rings. The van der Waals surface area contributed by atoms with Gasteiger partial charge in [-0.25, -0.2) is 4.79 Å². The van der Waals surface area contributed by atoms with Crippen molar-refractivity contribution >= 4 is 35.2 Å². The minimum absolute atomic E-state index is 0.339. The van der Waals surface area contributed by atoms with E-state index in [2.05, 4.69) is 11.0 Å². The highest BCUT2D eigenvalue weighted by molar-refractivity contribution is 6.34. The summed E-state index contributed by atoms with van der Waals surface area (Å²) in [5.74, 6) is -0.885. The molecule has 130 valence electrons. The van der Waals surface area contributed by atoms with Gasteiger partial charge in [-0.2, -0.15) is 0 Å². The Morgan fingerprint density at radius 2 is 1.88 bits per heavy atom. The van der Waals surface area contributed by atoms with E-state index in [-0.39, 0.29) is 0 Å². The van der Waals surface area contributed by atoms with Crippen LogP contribution in [0.4, 0.5) is 0 Å². The number of carboxylic acids is 1. The zero-order valence-electron chi connectivity index (χ0n) is 13.7. The fourth-order valence-electron chi connectivity index (χ4n) is 3.05. The van der Waals surface area contributed by atoms with Crippen LogP contribution in [0.2, 0.25) is 10.0 Å². The summed E-state index contributed by atoms with van der Waals surface area (Å²) in [4.78, 5) is 13.4. The Balaban J connectivity index is 1.62. The van der Waals surface area contributed by atoms with Crippen molar-refractivity contribution in [3.8, 4) is 0 Å². The van der Waals surface area contributed by atoms with Gasteiger partial charge in [0.05, 0.1) is 5.56 Å². The number of rotatable bonds is 4. The molecule has 1 heterocycles. The molecule has 0 radical (unpaired) electrons. The largest absolute Gasteiger partial charge is 0.478 e. The van der Waals surface area contributed by atoms with E-state index < -0.39 is 5.97 Å². The van der Waals surface area contributed by atoms with Crippen molar-refractivity contribution in [1.82, 2.24) is 4.90 Å². The third-order valence-corrected chi connectivity index (χ3v) is 4.98. The number of likely N-dealkylation sites (tertiary alicyclic amines) is 1. The van der Waals surface area contributed by atoms with Crippen LogP contribution in [0.5, 0.6) is 0 Å². The number of piperidine rings is 1. The minimum Gasteiger partial charge on any atom is -0.478 e. The first-order valence-corrected chi connectivity index (χ1v) is 8.96. The van der Waals surface area contributed by atoms with Crippen molar-refractivity contribution in [3.63, 3.8) is 0 Å². The molecule has 1 N–H and O–H groups in total. The van der Waals surface area contributed by atoms with Crippen molar-refractivity contribution in [2.45, 2.75) is 19.4 Å². The van der Waals surface area contributed by atoms with E-state index in [0.29, 0.717) is 15.6 Å². The predicted octanol–water partition coefficient (Wildman–Crippen LogP) is 5.37. The molecule has 0 atom stereocenters. The van der Waals surface area contributed by atoms with Crippen molar-refractivity contribution in [2.24, 2.45) is 0 Å². The third kappa shape index (κ3) is 4.85. The first-order valence-electron chi connectivity index (χ1n) is 8.20. The van der Waals surface area contributed by atoms with E-state index in [9.17, 15) is 4.79 Å². The quantitative estimate of drug-likeness (QED) is 0.780. The highest BCUT2D eigenvalue weighted by atomic mass is 35.5. The summed E-state index contributed by atoms with van der Waals surface area (Å²) in [5, 5.41) is 10.5. The number of halogens is 2. The number of aromatic carboxylic acids is 1. The van der Waals surface area contributed by atoms with Gasteiger partial charge in [-0.3, -0.25) is 4.90 Å². The molecule has 0 bridgehead atoms. The number of hydrogen-bond acceptors (Lipinski definition) is 2. The molecule has 0 unspecified atom stereocenters. The number of carboxylic acid groups (broad SMARTS) is 1. The van der Waals surface area contributed by atoms with Gasteiger partial charge >= 0.3 is 5.97 Å². The molecule has 1 aliphatic heterocycles. The zero-order chi connectivity index (χ0) is 17.8. The summed E-state index contributed by atoms with van der Waals surface area (Å²) in [6.45, 7) is 2.66. The van der Waals surface area contributed by atoms with Crippen molar-refractivity contribution < 1.29 is 9.90 Å². The monoisotopic (exact) mass is 375 g/mol. The molecule has 1 saturated heterocycles. The van der Waals surface area contributed by atoms with E-state index in [1.807, 2.05) is 18.2 Å². The van der Waals surface area contributed by atoms with Crippen LogP contribution in [-0.2, 0) is 6.54 Å². The maximum atomic E-state index is 11.1. The van der Waals surface area contributed by atoms with Gasteiger partial charge in [-0.05, 0) is 54.3 Å². The Labute approximate surface area is 157 Å². The molecule has 0 spiro atoms. The Hall–Kier alpha value is -1.81. The summed E-state index contributed by atoms with van der Waals surface area (Å²) in [6.07, 6.45) is 4.08. The van der Waals surface area contributed by atoms with E-state index in [4.69, 9.17) is 28.3 Å². The van der Waals surface area contributed by atoms with Gasteiger partial charge in [-0.1, -0.05) is 47.0 Å². The van der Waals surface area contributed by atoms with Crippen LogP contribution in [0.1, 0.15) is 34.3 Å². The van der Waals surface area contributed by atoms with Crippen LogP contribution >= 0.6 is 23.2 Å². The summed E-state index contributed by atoms with van der Waals surface area (Å²) >= 11 is 12.3. The lowest BCUT2D eigenvalue weighted by atomic mass is 10.00. The highest BCUT2D eigenvalue weighted by Crippen LogP contribution is 2.26. The first kappa shape index (κ1) is 18.0. The second-order valence-corrected chi connectivity index (χ2v) is 7.09. The van der Waals surface area contributed by atoms with Crippen LogP contribution < -0.4 is 0 Å². The molecule has 3 nitrogen and oxygen atoms in total.